The highest BCUT2D eigenvalue weighted by molar-refractivity contribution is 5.93. The van der Waals surface area contributed by atoms with Crippen molar-refractivity contribution in [3.05, 3.63) is 46.6 Å². The number of ether oxygens (including phenoxy) is 1. The molecule has 192 valence electrons. The van der Waals surface area contributed by atoms with Gasteiger partial charge >= 0.3 is 23.9 Å². The monoisotopic (exact) mass is 486 g/mol. The van der Waals surface area contributed by atoms with Crippen molar-refractivity contribution >= 4 is 23.9 Å². The Morgan fingerprint density at radius 3 is 1.26 bits per heavy atom. The fraction of sp³-hybridized carbons (Fsp3) is 0.571. The lowest BCUT2D eigenvalue weighted by atomic mass is 9.67. The molecule has 0 amide bonds. The van der Waals surface area contributed by atoms with E-state index in [4.69, 9.17) is 4.74 Å². The quantitative estimate of drug-likeness (QED) is 0.306. The summed E-state index contributed by atoms with van der Waals surface area (Å²) in [6, 6.07) is 0. The van der Waals surface area contributed by atoms with Crippen LogP contribution < -0.4 is 0 Å². The Kier molecular flexibility index (Phi) is 9.04. The molecule has 2 rings (SSSR count). The Morgan fingerprint density at radius 1 is 0.686 bits per heavy atom. The van der Waals surface area contributed by atoms with Crippen LogP contribution in [0.25, 0.3) is 0 Å². The highest BCUT2D eigenvalue weighted by Crippen LogP contribution is 2.43. The third kappa shape index (κ3) is 6.19. The third-order valence-corrected chi connectivity index (χ3v) is 7.40. The van der Waals surface area contributed by atoms with Gasteiger partial charge in [-0.05, 0) is 53.4 Å². The molecule has 0 aliphatic heterocycles. The van der Waals surface area contributed by atoms with Crippen LogP contribution in [0, 0.1) is 47.3 Å². The molecule has 0 radical (unpaired) electrons. The van der Waals surface area contributed by atoms with Gasteiger partial charge < -0.3 is 14.9 Å². The first-order chi connectivity index (χ1) is 16.2. The molecule has 8 atom stereocenters. The molecule has 0 fully saturated rings. The minimum atomic E-state index is -1.14. The van der Waals surface area contributed by atoms with Crippen molar-refractivity contribution in [3.63, 3.8) is 0 Å². The second-order valence-electron chi connectivity index (χ2n) is 10.6. The Balaban J connectivity index is 2.50. The van der Waals surface area contributed by atoms with E-state index in [1.165, 1.54) is 0 Å². The van der Waals surface area contributed by atoms with Gasteiger partial charge in [0.05, 0.1) is 23.7 Å². The van der Waals surface area contributed by atoms with Gasteiger partial charge in [0.1, 0.15) is 0 Å². The predicted molar refractivity (Wildman–Crippen MR) is 132 cm³/mol. The summed E-state index contributed by atoms with van der Waals surface area (Å²) < 4.78 is 5.36. The van der Waals surface area contributed by atoms with Crippen LogP contribution in [0.2, 0.25) is 0 Å². The van der Waals surface area contributed by atoms with Crippen LogP contribution in [0.3, 0.4) is 0 Å². The predicted octanol–water partition coefficient (Wildman–Crippen LogP) is 5.05. The van der Waals surface area contributed by atoms with Gasteiger partial charge in [-0.15, -0.1) is 0 Å². The topological polar surface area (TPSA) is 118 Å². The number of aliphatic carboxylic acids is 2. The third-order valence-electron chi connectivity index (χ3n) is 7.40. The molecular formula is C28H38O7. The normalized spacial score (nSPS) is 32.5. The van der Waals surface area contributed by atoms with Crippen molar-refractivity contribution in [1.82, 2.24) is 0 Å². The molecule has 0 bridgehead atoms. The minimum absolute atomic E-state index is 0.424. The van der Waals surface area contributed by atoms with E-state index in [1.807, 2.05) is 65.8 Å². The lowest BCUT2D eigenvalue weighted by Crippen LogP contribution is -2.46. The van der Waals surface area contributed by atoms with Crippen molar-refractivity contribution in [2.45, 2.75) is 55.4 Å². The lowest BCUT2D eigenvalue weighted by Gasteiger charge is -2.38. The Morgan fingerprint density at radius 2 is 1.00 bits per heavy atom. The summed E-state index contributed by atoms with van der Waals surface area (Å²) in [5.74, 6) is -10.4. The van der Waals surface area contributed by atoms with E-state index >= 15 is 0 Å². The van der Waals surface area contributed by atoms with Crippen LogP contribution in [0.1, 0.15) is 55.4 Å². The Labute approximate surface area is 207 Å². The maximum absolute atomic E-state index is 13.4. The number of carboxylic acids is 2. The van der Waals surface area contributed by atoms with Gasteiger partial charge in [0.25, 0.3) is 0 Å². The number of carbonyl (C=O) groups excluding carboxylic acids is 2. The highest BCUT2D eigenvalue weighted by Gasteiger charge is 2.49. The van der Waals surface area contributed by atoms with Gasteiger partial charge in [0.2, 0.25) is 0 Å². The van der Waals surface area contributed by atoms with E-state index in [0.29, 0.717) is 0 Å². The first-order valence-corrected chi connectivity index (χ1v) is 12.0. The van der Waals surface area contributed by atoms with E-state index in [-0.39, 0.29) is 0 Å². The van der Waals surface area contributed by atoms with E-state index in [1.54, 1.807) is 13.8 Å². The average molecular weight is 487 g/mol. The maximum Gasteiger partial charge on any atom is 0.318 e. The van der Waals surface area contributed by atoms with Crippen molar-refractivity contribution in [1.29, 1.82) is 0 Å². The largest absolute Gasteiger partial charge is 0.481 e. The number of hydrogen-bond acceptors (Lipinski definition) is 5. The van der Waals surface area contributed by atoms with E-state index in [0.717, 1.165) is 22.3 Å². The lowest BCUT2D eigenvalue weighted by molar-refractivity contribution is -0.175. The Bertz CT molecular complexity index is 924. The van der Waals surface area contributed by atoms with E-state index in [9.17, 15) is 29.4 Å². The smallest absolute Gasteiger partial charge is 0.318 e. The number of carboxylic acid groups (broad SMARTS) is 2. The summed E-state index contributed by atoms with van der Waals surface area (Å²) in [4.78, 5) is 51.2. The van der Waals surface area contributed by atoms with E-state index in [2.05, 4.69) is 0 Å². The summed E-state index contributed by atoms with van der Waals surface area (Å²) in [6.07, 6.45) is 7.33. The molecular weight excluding hydrogens is 448 g/mol. The minimum Gasteiger partial charge on any atom is -0.481 e. The fourth-order valence-corrected chi connectivity index (χ4v) is 5.44. The molecule has 0 aromatic rings. The van der Waals surface area contributed by atoms with Crippen LogP contribution >= 0.6 is 0 Å². The van der Waals surface area contributed by atoms with Gasteiger partial charge in [-0.1, -0.05) is 60.4 Å². The second kappa shape index (κ2) is 11.2. The number of carbonyl (C=O) groups is 4. The molecule has 7 nitrogen and oxygen atoms in total. The molecule has 0 saturated carbocycles. The van der Waals surface area contributed by atoms with Crippen LogP contribution in [0.5, 0.6) is 0 Å². The number of hydrogen-bond donors (Lipinski definition) is 2. The molecule has 7 heteroatoms. The maximum atomic E-state index is 13.4. The average Bonchev–Trinajstić information content (AvgIpc) is 2.70. The van der Waals surface area contributed by atoms with Gasteiger partial charge in [-0.2, -0.15) is 0 Å². The highest BCUT2D eigenvalue weighted by atomic mass is 16.6. The van der Waals surface area contributed by atoms with Gasteiger partial charge in [0, 0.05) is 11.8 Å². The zero-order valence-corrected chi connectivity index (χ0v) is 21.9. The number of esters is 2. The fourth-order valence-electron chi connectivity index (χ4n) is 5.44. The first-order valence-electron chi connectivity index (χ1n) is 12.0. The van der Waals surface area contributed by atoms with Gasteiger partial charge in [-0.25, -0.2) is 0 Å². The molecule has 0 heterocycles. The molecule has 0 aromatic carbocycles. The van der Waals surface area contributed by atoms with E-state index < -0.39 is 71.2 Å². The first kappa shape index (κ1) is 28.3. The zero-order valence-electron chi connectivity index (χ0n) is 21.9. The molecule has 2 aliphatic carbocycles. The van der Waals surface area contributed by atoms with Crippen molar-refractivity contribution < 1.29 is 34.1 Å². The molecule has 2 aliphatic rings. The molecule has 2 N–H and O–H groups in total. The molecule has 0 spiro atoms. The summed E-state index contributed by atoms with van der Waals surface area (Å²) in [7, 11) is 0. The zero-order chi connectivity index (χ0) is 26.8. The molecule has 8 unspecified atom stereocenters. The molecule has 0 saturated heterocycles. The Hall–Kier alpha value is -2.96. The van der Waals surface area contributed by atoms with Crippen LogP contribution in [0.15, 0.2) is 46.6 Å². The summed E-state index contributed by atoms with van der Waals surface area (Å²) >= 11 is 0. The molecule has 35 heavy (non-hydrogen) atoms. The van der Waals surface area contributed by atoms with Crippen LogP contribution in [0.4, 0.5) is 0 Å². The summed E-state index contributed by atoms with van der Waals surface area (Å²) in [6.45, 7) is 14.6. The van der Waals surface area contributed by atoms with Crippen LogP contribution in [-0.4, -0.2) is 34.1 Å². The summed E-state index contributed by atoms with van der Waals surface area (Å²) in [5.41, 5.74) is 3.51. The number of rotatable bonds is 6. The van der Waals surface area contributed by atoms with Crippen molar-refractivity contribution in [2.75, 3.05) is 0 Å². The SMILES string of the molecule is CC(C)=CC1C=C(C)C(C)C(C(=O)O)C1C(=O)OC(=O)C1C(C=C(C)C)C=C(C)C(C)C1C(=O)O. The van der Waals surface area contributed by atoms with Gasteiger partial charge in [0.15, 0.2) is 0 Å². The van der Waals surface area contributed by atoms with Crippen LogP contribution in [-0.2, 0) is 23.9 Å². The second-order valence-corrected chi connectivity index (χ2v) is 10.6. The van der Waals surface area contributed by atoms with Crippen molar-refractivity contribution in [2.24, 2.45) is 47.3 Å². The standard InChI is InChI=1S/C28H38O7/c1-13(2)9-19-11-15(5)17(7)21(25(29)30)23(19)27(33)35-28(34)24-20(10-14(3)4)12-16(6)18(8)22(24)26(31)32/h9-12,17-24H,1-8H3,(H,29,30)(H,31,32). The number of allylic oxidation sites excluding steroid dienone is 8. The van der Waals surface area contributed by atoms with Crippen molar-refractivity contribution in [3.8, 4) is 0 Å². The van der Waals surface area contributed by atoms with Gasteiger partial charge in [-0.3, -0.25) is 19.2 Å². The summed E-state index contributed by atoms with van der Waals surface area (Å²) in [5, 5.41) is 19.9. The molecule has 0 aromatic heterocycles.